The van der Waals surface area contributed by atoms with Crippen LogP contribution in [-0.4, -0.2) is 22.5 Å². The van der Waals surface area contributed by atoms with Gasteiger partial charge in [-0.05, 0) is 12.5 Å². The van der Waals surface area contributed by atoms with Gasteiger partial charge in [-0.2, -0.15) is 0 Å². The zero-order valence-electron chi connectivity index (χ0n) is 9.07. The zero-order chi connectivity index (χ0) is 13.0. The van der Waals surface area contributed by atoms with E-state index in [1.165, 1.54) is 0 Å². The molecule has 0 saturated carbocycles. The van der Waals surface area contributed by atoms with Gasteiger partial charge in [-0.3, -0.25) is 10.1 Å². The molecule has 0 heterocycles. The minimum Gasteiger partial charge on any atom is -0.477 e. The number of nitrogens with one attached hydrogen (secondary N) is 1. The number of nitro benzene ring substituents is 1. The van der Waals surface area contributed by atoms with E-state index in [0.717, 1.165) is 12.5 Å². The second-order valence-corrected chi connectivity index (χ2v) is 3.34. The largest absolute Gasteiger partial charge is 0.477 e. The van der Waals surface area contributed by atoms with Crippen LogP contribution in [0.4, 0.5) is 15.8 Å². The van der Waals surface area contributed by atoms with E-state index in [-0.39, 0.29) is 5.69 Å². The topological polar surface area (TPSA) is 92.5 Å². The van der Waals surface area contributed by atoms with E-state index in [9.17, 15) is 19.3 Å². The highest BCUT2D eigenvalue weighted by molar-refractivity contribution is 5.93. The average Bonchev–Trinajstić information content (AvgIpc) is 2.26. The SMILES string of the molecule is CCCNc1cc(C(=O)O)c([N+](=O)[O-])cc1F. The molecule has 6 nitrogen and oxygen atoms in total. The summed E-state index contributed by atoms with van der Waals surface area (Å²) in [5.74, 6) is -2.30. The lowest BCUT2D eigenvalue weighted by atomic mass is 10.1. The molecule has 0 bridgehead atoms. The maximum atomic E-state index is 13.4. The first-order valence-corrected chi connectivity index (χ1v) is 4.92. The Balaban J connectivity index is 3.24. The molecule has 1 rings (SSSR count). The molecule has 0 saturated heterocycles. The second-order valence-electron chi connectivity index (χ2n) is 3.34. The van der Waals surface area contributed by atoms with Crippen molar-refractivity contribution in [2.24, 2.45) is 0 Å². The van der Waals surface area contributed by atoms with Crippen molar-refractivity contribution in [2.45, 2.75) is 13.3 Å². The van der Waals surface area contributed by atoms with Crippen LogP contribution in [0.25, 0.3) is 0 Å². The molecule has 0 aliphatic rings. The smallest absolute Gasteiger partial charge is 0.342 e. The van der Waals surface area contributed by atoms with Crippen LogP contribution in [0.1, 0.15) is 23.7 Å². The third kappa shape index (κ3) is 2.90. The number of nitrogens with zero attached hydrogens (tertiary/aromatic N) is 1. The van der Waals surface area contributed by atoms with Crippen LogP contribution in [0.3, 0.4) is 0 Å². The molecule has 0 aliphatic carbocycles. The van der Waals surface area contributed by atoms with Crippen LogP contribution in [0.15, 0.2) is 12.1 Å². The lowest BCUT2D eigenvalue weighted by Gasteiger charge is -2.07. The van der Waals surface area contributed by atoms with Gasteiger partial charge in [0.15, 0.2) is 5.82 Å². The standard InChI is InChI=1S/C10H11FN2O4/c1-2-3-12-8-4-6(10(14)15)9(13(16)17)5-7(8)11/h4-5,12H,2-3H2,1H3,(H,14,15). The van der Waals surface area contributed by atoms with E-state index in [2.05, 4.69) is 5.32 Å². The minimum atomic E-state index is -1.46. The van der Waals surface area contributed by atoms with Gasteiger partial charge < -0.3 is 10.4 Å². The lowest BCUT2D eigenvalue weighted by molar-refractivity contribution is -0.385. The molecule has 0 unspecified atom stereocenters. The Hall–Kier alpha value is -2.18. The molecule has 2 N–H and O–H groups in total. The summed E-state index contributed by atoms with van der Waals surface area (Å²) in [5, 5.41) is 22.0. The first-order chi connectivity index (χ1) is 7.97. The Morgan fingerprint density at radius 1 is 1.59 bits per heavy atom. The van der Waals surface area contributed by atoms with E-state index in [1.807, 2.05) is 6.92 Å². The molecule has 0 atom stereocenters. The fourth-order valence-corrected chi connectivity index (χ4v) is 1.28. The fraction of sp³-hybridized carbons (Fsp3) is 0.300. The molecule has 0 aromatic heterocycles. The Morgan fingerprint density at radius 3 is 2.71 bits per heavy atom. The molecule has 7 heteroatoms. The van der Waals surface area contributed by atoms with E-state index >= 15 is 0 Å². The van der Waals surface area contributed by atoms with E-state index in [0.29, 0.717) is 12.6 Å². The highest BCUT2D eigenvalue weighted by Gasteiger charge is 2.22. The highest BCUT2D eigenvalue weighted by atomic mass is 19.1. The molecule has 1 aromatic carbocycles. The van der Waals surface area contributed by atoms with Crippen molar-refractivity contribution in [3.8, 4) is 0 Å². The number of halogens is 1. The summed E-state index contributed by atoms with van der Waals surface area (Å²) in [7, 11) is 0. The first-order valence-electron chi connectivity index (χ1n) is 4.92. The number of carboxylic acids is 1. The Morgan fingerprint density at radius 2 is 2.24 bits per heavy atom. The molecule has 0 amide bonds. The predicted molar refractivity (Wildman–Crippen MR) is 58.8 cm³/mol. The van der Waals surface area contributed by atoms with Crippen molar-refractivity contribution in [1.82, 2.24) is 0 Å². The van der Waals surface area contributed by atoms with Crippen LogP contribution in [-0.2, 0) is 0 Å². The van der Waals surface area contributed by atoms with Crippen molar-refractivity contribution in [1.29, 1.82) is 0 Å². The Labute approximate surface area is 96.2 Å². The second kappa shape index (κ2) is 5.24. The summed E-state index contributed by atoms with van der Waals surface area (Å²) in [6.07, 6.45) is 0.721. The normalized spacial score (nSPS) is 10.0. The fourth-order valence-electron chi connectivity index (χ4n) is 1.28. The lowest BCUT2D eigenvalue weighted by Crippen LogP contribution is -2.08. The molecule has 0 radical (unpaired) electrons. The molecule has 17 heavy (non-hydrogen) atoms. The third-order valence-corrected chi connectivity index (χ3v) is 2.08. The molecule has 0 spiro atoms. The summed E-state index contributed by atoms with van der Waals surface area (Å²) >= 11 is 0. The summed E-state index contributed by atoms with van der Waals surface area (Å²) < 4.78 is 13.4. The number of rotatable bonds is 5. The van der Waals surface area contributed by atoms with Gasteiger partial charge in [0.05, 0.1) is 16.7 Å². The first kappa shape index (κ1) is 12.9. The van der Waals surface area contributed by atoms with Gasteiger partial charge >= 0.3 is 5.97 Å². The quantitative estimate of drug-likeness (QED) is 0.610. The van der Waals surface area contributed by atoms with Gasteiger partial charge in [0.2, 0.25) is 0 Å². The molecule has 0 aliphatic heterocycles. The number of hydrogen-bond donors (Lipinski definition) is 2. The van der Waals surface area contributed by atoms with Gasteiger partial charge in [-0.15, -0.1) is 0 Å². The zero-order valence-corrected chi connectivity index (χ0v) is 9.07. The van der Waals surface area contributed by atoms with E-state index in [1.54, 1.807) is 0 Å². The molecule has 0 fully saturated rings. The van der Waals surface area contributed by atoms with E-state index < -0.39 is 28.0 Å². The summed E-state index contributed by atoms with van der Waals surface area (Å²) in [6.45, 7) is 2.31. The maximum Gasteiger partial charge on any atom is 0.342 e. The van der Waals surface area contributed by atoms with Gasteiger partial charge in [0.1, 0.15) is 5.56 Å². The predicted octanol–water partition coefficient (Wildman–Crippen LogP) is 2.25. The van der Waals surface area contributed by atoms with Crippen LogP contribution < -0.4 is 5.32 Å². The number of benzene rings is 1. The monoisotopic (exact) mass is 242 g/mol. The molecular formula is C10H11FN2O4. The van der Waals surface area contributed by atoms with E-state index in [4.69, 9.17) is 5.11 Å². The number of carboxylic acid groups (broad SMARTS) is 1. The van der Waals surface area contributed by atoms with Gasteiger partial charge in [-0.1, -0.05) is 6.92 Å². The van der Waals surface area contributed by atoms with Crippen LogP contribution >= 0.6 is 0 Å². The number of carbonyl (C=O) groups is 1. The number of aromatic carboxylic acids is 1. The summed E-state index contributed by atoms with van der Waals surface area (Å²) in [5.41, 5.74) is -1.33. The minimum absolute atomic E-state index is 0.0464. The number of hydrogen-bond acceptors (Lipinski definition) is 4. The van der Waals surface area contributed by atoms with Crippen LogP contribution in [0.2, 0.25) is 0 Å². The van der Waals surface area contributed by atoms with Crippen molar-refractivity contribution in [3.05, 3.63) is 33.6 Å². The highest BCUT2D eigenvalue weighted by Crippen LogP contribution is 2.26. The van der Waals surface area contributed by atoms with Crippen LogP contribution in [0, 0.1) is 15.9 Å². The Kier molecular flexibility index (Phi) is 3.97. The Bertz CT molecular complexity index is 462. The molecular weight excluding hydrogens is 231 g/mol. The van der Waals surface area contributed by atoms with Crippen molar-refractivity contribution >= 4 is 17.3 Å². The van der Waals surface area contributed by atoms with Crippen molar-refractivity contribution < 1.29 is 19.2 Å². The van der Waals surface area contributed by atoms with Crippen LogP contribution in [0.5, 0.6) is 0 Å². The van der Waals surface area contributed by atoms with Crippen molar-refractivity contribution in [3.63, 3.8) is 0 Å². The number of nitro groups is 1. The average molecular weight is 242 g/mol. The summed E-state index contributed by atoms with van der Waals surface area (Å²) in [6, 6.07) is 1.55. The maximum absolute atomic E-state index is 13.4. The number of anilines is 1. The summed E-state index contributed by atoms with van der Waals surface area (Å²) in [4.78, 5) is 20.4. The van der Waals surface area contributed by atoms with Gasteiger partial charge in [0, 0.05) is 6.54 Å². The molecule has 1 aromatic rings. The van der Waals surface area contributed by atoms with Gasteiger partial charge in [0.25, 0.3) is 5.69 Å². The van der Waals surface area contributed by atoms with Crippen molar-refractivity contribution in [2.75, 3.05) is 11.9 Å². The third-order valence-electron chi connectivity index (χ3n) is 2.08. The van der Waals surface area contributed by atoms with Gasteiger partial charge in [-0.25, -0.2) is 9.18 Å². The molecule has 92 valence electrons.